The Labute approximate surface area is 130 Å². The molecule has 0 spiro atoms. The van der Waals surface area contributed by atoms with Crippen molar-refractivity contribution in [3.05, 3.63) is 64.7 Å². The summed E-state index contributed by atoms with van der Waals surface area (Å²) in [6.07, 6.45) is 0. The van der Waals surface area contributed by atoms with Crippen LogP contribution in [-0.4, -0.2) is 17.0 Å². The number of hydrogen-bond acceptors (Lipinski definition) is 2. The van der Waals surface area contributed by atoms with Crippen LogP contribution in [0.3, 0.4) is 0 Å². The minimum absolute atomic E-state index is 0.104. The van der Waals surface area contributed by atoms with Gasteiger partial charge in [-0.25, -0.2) is 0 Å². The van der Waals surface area contributed by atoms with Crippen molar-refractivity contribution in [1.82, 2.24) is 5.32 Å². The van der Waals surface area contributed by atoms with Crippen LogP contribution in [0.25, 0.3) is 0 Å². The molecule has 0 aliphatic carbocycles. The van der Waals surface area contributed by atoms with Gasteiger partial charge in [-0.05, 0) is 45.0 Å². The van der Waals surface area contributed by atoms with Crippen molar-refractivity contribution < 1.29 is 4.21 Å². The Kier molecular flexibility index (Phi) is 5.32. The number of aryl methyl sites for hydroxylation is 3. The molecule has 0 fully saturated rings. The van der Waals surface area contributed by atoms with Crippen molar-refractivity contribution in [1.29, 1.82) is 0 Å². The van der Waals surface area contributed by atoms with Crippen LogP contribution in [0.15, 0.2) is 47.4 Å². The zero-order chi connectivity index (χ0) is 15.4. The van der Waals surface area contributed by atoms with Crippen molar-refractivity contribution in [2.45, 2.75) is 31.7 Å². The van der Waals surface area contributed by atoms with E-state index in [1.807, 2.05) is 26.1 Å². The average Bonchev–Trinajstić information content (AvgIpc) is 2.45. The van der Waals surface area contributed by atoms with E-state index in [0.29, 0.717) is 5.75 Å². The Morgan fingerprint density at radius 3 is 2.19 bits per heavy atom. The van der Waals surface area contributed by atoms with Crippen LogP contribution < -0.4 is 5.32 Å². The van der Waals surface area contributed by atoms with Crippen LogP contribution >= 0.6 is 0 Å². The van der Waals surface area contributed by atoms with Gasteiger partial charge in [-0.2, -0.15) is 0 Å². The summed E-state index contributed by atoms with van der Waals surface area (Å²) < 4.78 is 12.7. The van der Waals surface area contributed by atoms with Gasteiger partial charge in [-0.1, -0.05) is 47.5 Å². The summed E-state index contributed by atoms with van der Waals surface area (Å²) in [7, 11) is 0.919. The minimum Gasteiger partial charge on any atom is -0.312 e. The minimum atomic E-state index is -1.00. The molecule has 0 radical (unpaired) electrons. The highest BCUT2D eigenvalue weighted by Crippen LogP contribution is 2.20. The Bertz CT molecular complexity index is 634. The lowest BCUT2D eigenvalue weighted by molar-refractivity contribution is 0.635. The lowest BCUT2D eigenvalue weighted by atomic mass is 10.1. The number of rotatable bonds is 5. The summed E-state index contributed by atoms with van der Waals surface area (Å²) in [5, 5.41) is 3.28. The standard InChI is InChI=1S/C18H23NOS/c1-13-5-8-16(9-6-13)17(19-4)12-21(20)18-10-7-14(2)11-15(18)3/h5-11,17,19H,12H2,1-4H3. The Morgan fingerprint density at radius 1 is 1.00 bits per heavy atom. The van der Waals surface area contributed by atoms with Crippen LogP contribution in [-0.2, 0) is 10.8 Å². The second-order valence-corrected chi connectivity index (χ2v) is 7.00. The number of nitrogens with one attached hydrogen (secondary N) is 1. The van der Waals surface area contributed by atoms with Crippen molar-refractivity contribution in [3.8, 4) is 0 Å². The third-order valence-corrected chi connectivity index (χ3v) is 5.31. The van der Waals surface area contributed by atoms with Crippen molar-refractivity contribution in [2.24, 2.45) is 0 Å². The van der Waals surface area contributed by atoms with Gasteiger partial charge in [0.25, 0.3) is 0 Å². The molecule has 2 aromatic rings. The molecule has 0 heterocycles. The van der Waals surface area contributed by atoms with Gasteiger partial charge in [0.2, 0.25) is 0 Å². The van der Waals surface area contributed by atoms with Gasteiger partial charge in [-0.3, -0.25) is 4.21 Å². The zero-order valence-corrected chi connectivity index (χ0v) is 14.0. The molecule has 0 bridgehead atoms. The van der Waals surface area contributed by atoms with Crippen molar-refractivity contribution >= 4 is 10.8 Å². The monoisotopic (exact) mass is 301 g/mol. The summed E-state index contributed by atoms with van der Waals surface area (Å²) in [6.45, 7) is 6.16. The summed E-state index contributed by atoms with van der Waals surface area (Å²) >= 11 is 0. The first kappa shape index (κ1) is 15.9. The average molecular weight is 301 g/mol. The van der Waals surface area contributed by atoms with Gasteiger partial charge >= 0.3 is 0 Å². The second kappa shape index (κ2) is 7.01. The van der Waals surface area contributed by atoms with E-state index in [0.717, 1.165) is 10.5 Å². The molecule has 1 N–H and O–H groups in total. The first-order valence-electron chi connectivity index (χ1n) is 7.20. The first-order valence-corrected chi connectivity index (χ1v) is 8.52. The third kappa shape index (κ3) is 4.02. The molecule has 0 saturated heterocycles. The fraction of sp³-hybridized carbons (Fsp3) is 0.333. The summed E-state index contributed by atoms with van der Waals surface area (Å²) in [4.78, 5) is 0.938. The quantitative estimate of drug-likeness (QED) is 0.913. The maximum Gasteiger partial charge on any atom is 0.0551 e. The van der Waals surface area contributed by atoms with Crippen molar-refractivity contribution in [3.63, 3.8) is 0 Å². The molecule has 2 nitrogen and oxygen atoms in total. The maximum atomic E-state index is 12.7. The molecule has 2 rings (SSSR count). The molecule has 2 aromatic carbocycles. The smallest absolute Gasteiger partial charge is 0.0551 e. The summed E-state index contributed by atoms with van der Waals surface area (Å²) in [5.41, 5.74) is 4.73. The van der Waals surface area contributed by atoms with E-state index in [2.05, 4.69) is 49.5 Å². The van der Waals surface area contributed by atoms with Gasteiger partial charge in [0.15, 0.2) is 0 Å². The number of hydrogen-bond donors (Lipinski definition) is 1. The van der Waals surface area contributed by atoms with E-state index in [1.165, 1.54) is 16.7 Å². The van der Waals surface area contributed by atoms with E-state index in [9.17, 15) is 4.21 Å². The van der Waals surface area contributed by atoms with Crippen LogP contribution in [0.1, 0.15) is 28.3 Å². The predicted octanol–water partition coefficient (Wildman–Crippen LogP) is 3.68. The number of benzene rings is 2. The molecule has 0 aliphatic heterocycles. The highest BCUT2D eigenvalue weighted by atomic mass is 32.2. The van der Waals surface area contributed by atoms with Crippen LogP contribution in [0.2, 0.25) is 0 Å². The largest absolute Gasteiger partial charge is 0.312 e. The van der Waals surface area contributed by atoms with Crippen molar-refractivity contribution in [2.75, 3.05) is 12.8 Å². The SMILES string of the molecule is CNC(CS(=O)c1ccc(C)cc1C)c1ccc(C)cc1. The molecular weight excluding hydrogens is 278 g/mol. The molecule has 0 aromatic heterocycles. The molecule has 2 unspecified atom stereocenters. The second-order valence-electron chi connectivity index (χ2n) is 5.53. The molecule has 3 heteroatoms. The third-order valence-electron chi connectivity index (χ3n) is 3.72. The van der Waals surface area contributed by atoms with Gasteiger partial charge in [0.1, 0.15) is 0 Å². The Hall–Kier alpha value is -1.45. The lowest BCUT2D eigenvalue weighted by Gasteiger charge is -2.17. The van der Waals surface area contributed by atoms with Gasteiger partial charge in [-0.15, -0.1) is 0 Å². The van der Waals surface area contributed by atoms with E-state index in [1.54, 1.807) is 0 Å². The van der Waals surface area contributed by atoms with E-state index < -0.39 is 10.8 Å². The lowest BCUT2D eigenvalue weighted by Crippen LogP contribution is -2.23. The van der Waals surface area contributed by atoms with E-state index >= 15 is 0 Å². The topological polar surface area (TPSA) is 29.1 Å². The van der Waals surface area contributed by atoms with Gasteiger partial charge in [0, 0.05) is 16.7 Å². The molecule has 0 aliphatic rings. The van der Waals surface area contributed by atoms with E-state index in [-0.39, 0.29) is 6.04 Å². The van der Waals surface area contributed by atoms with Gasteiger partial charge < -0.3 is 5.32 Å². The first-order chi connectivity index (χ1) is 10.0. The summed E-state index contributed by atoms with van der Waals surface area (Å²) in [5.74, 6) is 0.587. The van der Waals surface area contributed by atoms with E-state index in [4.69, 9.17) is 0 Å². The predicted molar refractivity (Wildman–Crippen MR) is 90.2 cm³/mol. The zero-order valence-electron chi connectivity index (χ0n) is 13.1. The fourth-order valence-electron chi connectivity index (χ4n) is 2.44. The normalized spacial score (nSPS) is 13.9. The maximum absolute atomic E-state index is 12.7. The molecule has 0 amide bonds. The molecule has 112 valence electrons. The fourth-order valence-corrected chi connectivity index (χ4v) is 3.92. The molecule has 2 atom stereocenters. The molecular formula is C18H23NOS. The van der Waals surface area contributed by atoms with Crippen LogP contribution in [0.5, 0.6) is 0 Å². The Morgan fingerprint density at radius 2 is 1.62 bits per heavy atom. The highest BCUT2D eigenvalue weighted by Gasteiger charge is 2.15. The van der Waals surface area contributed by atoms with Gasteiger partial charge in [0.05, 0.1) is 10.8 Å². The summed E-state index contributed by atoms with van der Waals surface area (Å²) in [6, 6.07) is 14.6. The Balaban J connectivity index is 2.18. The van der Waals surface area contributed by atoms with Crippen LogP contribution in [0, 0.1) is 20.8 Å². The van der Waals surface area contributed by atoms with Crippen LogP contribution in [0.4, 0.5) is 0 Å². The molecule has 0 saturated carbocycles. The molecule has 21 heavy (non-hydrogen) atoms. The highest BCUT2D eigenvalue weighted by molar-refractivity contribution is 7.85.